The Balaban J connectivity index is 2.07. The first-order valence-corrected chi connectivity index (χ1v) is 5.84. The van der Waals surface area contributed by atoms with Crippen LogP contribution in [0, 0.1) is 6.92 Å². The third kappa shape index (κ3) is 1.43. The molecule has 0 saturated carbocycles. The Morgan fingerprint density at radius 2 is 2.00 bits per heavy atom. The molecule has 0 atom stereocenters. The van der Waals surface area contributed by atoms with Crippen molar-refractivity contribution in [2.75, 3.05) is 0 Å². The van der Waals surface area contributed by atoms with Crippen LogP contribution in [-0.2, 0) is 0 Å². The first kappa shape index (κ1) is 10.2. The lowest BCUT2D eigenvalue weighted by Crippen LogP contribution is -1.89. The van der Waals surface area contributed by atoms with Crippen molar-refractivity contribution in [2.45, 2.75) is 6.92 Å². The monoisotopic (exact) mass is 251 g/mol. The van der Waals surface area contributed by atoms with E-state index < -0.39 is 0 Å². The third-order valence-electron chi connectivity index (χ3n) is 3.01. The molecule has 3 heterocycles. The minimum Gasteiger partial charge on any atom is -0.339 e. The van der Waals surface area contributed by atoms with E-state index in [9.17, 15) is 0 Å². The average molecular weight is 251 g/mol. The molecular weight excluding hydrogens is 242 g/mol. The summed E-state index contributed by atoms with van der Waals surface area (Å²) in [5.74, 6) is 1.00. The second-order valence-electron chi connectivity index (χ2n) is 4.23. The SMILES string of the molecule is Cc1nc(-c2ncn3c2cnc2ccccc23)no1. The van der Waals surface area contributed by atoms with Crippen molar-refractivity contribution in [2.24, 2.45) is 0 Å². The van der Waals surface area contributed by atoms with Crippen molar-refractivity contribution < 1.29 is 4.52 Å². The van der Waals surface area contributed by atoms with Gasteiger partial charge in [-0.1, -0.05) is 17.3 Å². The Morgan fingerprint density at radius 1 is 1.11 bits per heavy atom. The highest BCUT2D eigenvalue weighted by atomic mass is 16.5. The molecule has 0 aliphatic rings. The summed E-state index contributed by atoms with van der Waals surface area (Å²) >= 11 is 0. The Kier molecular flexibility index (Phi) is 1.94. The fourth-order valence-corrected chi connectivity index (χ4v) is 2.15. The van der Waals surface area contributed by atoms with Gasteiger partial charge in [-0.3, -0.25) is 9.38 Å². The molecule has 6 nitrogen and oxygen atoms in total. The molecule has 19 heavy (non-hydrogen) atoms. The van der Waals surface area contributed by atoms with Crippen LogP contribution in [0.15, 0.2) is 41.3 Å². The van der Waals surface area contributed by atoms with Gasteiger partial charge in [-0.05, 0) is 12.1 Å². The molecular formula is C13H9N5O. The van der Waals surface area contributed by atoms with E-state index >= 15 is 0 Å². The van der Waals surface area contributed by atoms with Crippen LogP contribution in [0.2, 0.25) is 0 Å². The Morgan fingerprint density at radius 3 is 2.84 bits per heavy atom. The van der Waals surface area contributed by atoms with Crippen molar-refractivity contribution >= 4 is 16.6 Å². The molecule has 0 aliphatic heterocycles. The molecule has 0 spiro atoms. The lowest BCUT2D eigenvalue weighted by atomic mass is 10.3. The predicted molar refractivity (Wildman–Crippen MR) is 68.5 cm³/mol. The van der Waals surface area contributed by atoms with Crippen LogP contribution < -0.4 is 0 Å². The minimum atomic E-state index is 0.483. The van der Waals surface area contributed by atoms with Crippen LogP contribution in [0.25, 0.3) is 28.1 Å². The standard InChI is InChI=1S/C13H9N5O/c1-8-16-13(17-19-8)12-11-6-14-9-4-2-3-5-10(9)18(11)7-15-12/h2-7H,1H3. The van der Waals surface area contributed by atoms with Gasteiger partial charge in [-0.2, -0.15) is 4.98 Å². The zero-order chi connectivity index (χ0) is 12.8. The summed E-state index contributed by atoms with van der Waals surface area (Å²) in [4.78, 5) is 13.0. The summed E-state index contributed by atoms with van der Waals surface area (Å²) in [5, 5.41) is 3.90. The largest absolute Gasteiger partial charge is 0.339 e. The van der Waals surface area contributed by atoms with Gasteiger partial charge >= 0.3 is 0 Å². The van der Waals surface area contributed by atoms with Crippen molar-refractivity contribution in [1.29, 1.82) is 0 Å². The molecule has 6 heteroatoms. The first-order valence-electron chi connectivity index (χ1n) is 5.84. The number of aromatic nitrogens is 5. The number of hydrogen-bond donors (Lipinski definition) is 0. The van der Waals surface area contributed by atoms with Crippen molar-refractivity contribution in [1.82, 2.24) is 24.5 Å². The molecule has 4 aromatic rings. The van der Waals surface area contributed by atoms with Gasteiger partial charge in [0.05, 0.1) is 22.7 Å². The molecule has 3 aromatic heterocycles. The van der Waals surface area contributed by atoms with Gasteiger partial charge in [0.15, 0.2) is 0 Å². The van der Waals surface area contributed by atoms with Gasteiger partial charge in [0, 0.05) is 6.92 Å². The molecule has 0 fully saturated rings. The zero-order valence-electron chi connectivity index (χ0n) is 10.1. The third-order valence-corrected chi connectivity index (χ3v) is 3.01. The smallest absolute Gasteiger partial charge is 0.223 e. The maximum absolute atomic E-state index is 4.99. The Labute approximate surface area is 107 Å². The Hall–Kier alpha value is -2.76. The summed E-state index contributed by atoms with van der Waals surface area (Å²) in [6.45, 7) is 1.75. The fourth-order valence-electron chi connectivity index (χ4n) is 2.15. The molecule has 1 aromatic carbocycles. The van der Waals surface area contributed by atoms with Crippen LogP contribution in [0.3, 0.4) is 0 Å². The van der Waals surface area contributed by atoms with Crippen LogP contribution >= 0.6 is 0 Å². The number of para-hydroxylation sites is 2. The molecule has 0 aliphatic carbocycles. The second kappa shape index (κ2) is 3.61. The summed E-state index contributed by atoms with van der Waals surface area (Å²) in [6.07, 6.45) is 3.52. The molecule has 0 saturated heterocycles. The average Bonchev–Trinajstić information content (AvgIpc) is 3.04. The first-order chi connectivity index (χ1) is 9.33. The highest BCUT2D eigenvalue weighted by molar-refractivity contribution is 5.82. The van der Waals surface area contributed by atoms with Gasteiger partial charge in [0.1, 0.15) is 12.0 Å². The van der Waals surface area contributed by atoms with E-state index in [4.69, 9.17) is 4.52 Å². The summed E-state index contributed by atoms with van der Waals surface area (Å²) in [7, 11) is 0. The van der Waals surface area contributed by atoms with Crippen molar-refractivity contribution in [3.63, 3.8) is 0 Å². The number of hydrogen-bond acceptors (Lipinski definition) is 5. The van der Waals surface area contributed by atoms with Crippen LogP contribution in [-0.4, -0.2) is 24.5 Å². The lowest BCUT2D eigenvalue weighted by molar-refractivity contribution is 0.394. The van der Waals surface area contributed by atoms with Gasteiger partial charge in [0.2, 0.25) is 11.7 Å². The molecule has 0 amide bonds. The lowest BCUT2D eigenvalue weighted by Gasteiger charge is -2.00. The van der Waals surface area contributed by atoms with E-state index in [1.807, 2.05) is 28.7 Å². The van der Waals surface area contributed by atoms with Crippen molar-refractivity contribution in [3.05, 3.63) is 42.7 Å². The Bertz CT molecular complexity index is 892. The predicted octanol–water partition coefficient (Wildman–Crippen LogP) is 2.24. The van der Waals surface area contributed by atoms with Gasteiger partial charge in [-0.25, -0.2) is 4.98 Å². The highest BCUT2D eigenvalue weighted by Gasteiger charge is 2.14. The van der Waals surface area contributed by atoms with Crippen molar-refractivity contribution in [3.8, 4) is 11.5 Å². The number of aryl methyl sites for hydroxylation is 1. The van der Waals surface area contributed by atoms with Gasteiger partial charge in [-0.15, -0.1) is 0 Å². The van der Waals surface area contributed by atoms with E-state index in [0.29, 0.717) is 17.4 Å². The molecule has 92 valence electrons. The fraction of sp³-hybridized carbons (Fsp3) is 0.0769. The van der Waals surface area contributed by atoms with E-state index in [0.717, 1.165) is 16.6 Å². The molecule has 0 N–H and O–H groups in total. The molecule has 0 radical (unpaired) electrons. The number of nitrogens with zero attached hydrogens (tertiary/aromatic N) is 5. The summed E-state index contributed by atoms with van der Waals surface area (Å²) in [5.41, 5.74) is 3.46. The van der Waals surface area contributed by atoms with E-state index in [1.165, 1.54) is 0 Å². The number of rotatable bonds is 1. The normalized spacial score (nSPS) is 11.4. The number of fused-ring (bicyclic) bond motifs is 3. The maximum atomic E-state index is 4.99. The summed E-state index contributed by atoms with van der Waals surface area (Å²) < 4.78 is 6.97. The van der Waals surface area contributed by atoms with E-state index in [1.54, 1.807) is 19.4 Å². The topological polar surface area (TPSA) is 69.1 Å². The molecule has 0 unspecified atom stereocenters. The van der Waals surface area contributed by atoms with Crippen LogP contribution in [0.1, 0.15) is 5.89 Å². The summed E-state index contributed by atoms with van der Waals surface area (Å²) in [6, 6.07) is 7.90. The molecule has 0 bridgehead atoms. The highest BCUT2D eigenvalue weighted by Crippen LogP contribution is 2.22. The van der Waals surface area contributed by atoms with Gasteiger partial charge in [0.25, 0.3) is 0 Å². The number of benzene rings is 1. The molecule has 4 rings (SSSR count). The zero-order valence-corrected chi connectivity index (χ0v) is 10.1. The van der Waals surface area contributed by atoms with Crippen LogP contribution in [0.5, 0.6) is 0 Å². The quantitative estimate of drug-likeness (QED) is 0.519. The van der Waals surface area contributed by atoms with E-state index in [2.05, 4.69) is 20.1 Å². The minimum absolute atomic E-state index is 0.483. The van der Waals surface area contributed by atoms with Crippen LogP contribution in [0.4, 0.5) is 0 Å². The van der Waals surface area contributed by atoms with E-state index in [-0.39, 0.29) is 0 Å². The number of imidazole rings is 1. The van der Waals surface area contributed by atoms with Gasteiger partial charge < -0.3 is 4.52 Å². The maximum Gasteiger partial charge on any atom is 0.223 e. The second-order valence-corrected chi connectivity index (χ2v) is 4.23.